The van der Waals surface area contributed by atoms with Crippen LogP contribution in [0.25, 0.3) is 0 Å². The number of rotatable bonds is 4. The molecular formula is C24H20N4O5. The molecule has 1 atom stereocenters. The molecule has 2 aliphatic heterocycles. The van der Waals surface area contributed by atoms with Gasteiger partial charge in [-0.05, 0) is 36.8 Å². The summed E-state index contributed by atoms with van der Waals surface area (Å²) in [4.78, 5) is 18.1. The monoisotopic (exact) mass is 444 g/mol. The minimum absolute atomic E-state index is 0.0482. The van der Waals surface area contributed by atoms with Crippen molar-refractivity contribution < 1.29 is 18.9 Å². The number of nitrogens with zero attached hydrogens (tertiary/aromatic N) is 3. The standard InChI is InChI=1S/C24H20N4O5/c1-13-7-17-21(24(29)28(13)11-15-5-3-4-6-27-15)20(16(10-25)23(26)33-17)14-8-18(30-2)22-19(9-14)31-12-32-22/h3-9,20H,11-12,26H2,1-2H3/t20-/m0/s1. The second-order valence-corrected chi connectivity index (χ2v) is 7.66. The molecule has 3 aromatic rings. The van der Waals surface area contributed by atoms with E-state index in [0.717, 1.165) is 5.69 Å². The fraction of sp³-hybridized carbons (Fsp3) is 0.208. The van der Waals surface area contributed by atoms with Crippen LogP contribution in [0.4, 0.5) is 0 Å². The lowest BCUT2D eigenvalue weighted by molar-refractivity contribution is 0.171. The summed E-state index contributed by atoms with van der Waals surface area (Å²) in [5.41, 5.74) is 8.27. The zero-order chi connectivity index (χ0) is 23.1. The number of hydrogen-bond acceptors (Lipinski definition) is 8. The molecule has 1 aromatic carbocycles. The average molecular weight is 444 g/mol. The quantitative estimate of drug-likeness (QED) is 0.652. The van der Waals surface area contributed by atoms with Gasteiger partial charge in [0.25, 0.3) is 5.56 Å². The van der Waals surface area contributed by atoms with Crippen LogP contribution >= 0.6 is 0 Å². The van der Waals surface area contributed by atoms with Crippen molar-refractivity contribution in [3.05, 3.63) is 86.9 Å². The topological polar surface area (TPSA) is 122 Å². The summed E-state index contributed by atoms with van der Waals surface area (Å²) in [7, 11) is 1.51. The molecule has 0 saturated carbocycles. The van der Waals surface area contributed by atoms with Gasteiger partial charge in [-0.1, -0.05) is 6.07 Å². The van der Waals surface area contributed by atoms with Crippen LogP contribution in [0.2, 0.25) is 0 Å². The molecule has 166 valence electrons. The molecule has 0 aliphatic carbocycles. The van der Waals surface area contributed by atoms with Crippen molar-refractivity contribution in [1.82, 2.24) is 9.55 Å². The molecule has 0 fully saturated rings. The second kappa shape index (κ2) is 7.91. The number of nitrogens with two attached hydrogens (primary N) is 1. The fourth-order valence-corrected chi connectivity index (χ4v) is 4.19. The van der Waals surface area contributed by atoms with Crippen LogP contribution in [0.1, 0.15) is 28.4 Å². The van der Waals surface area contributed by atoms with E-state index in [2.05, 4.69) is 11.1 Å². The van der Waals surface area contributed by atoms with Gasteiger partial charge in [0.15, 0.2) is 11.5 Å². The predicted octanol–water partition coefficient (Wildman–Crippen LogP) is 2.56. The number of ether oxygens (including phenoxy) is 4. The maximum Gasteiger partial charge on any atom is 0.259 e. The maximum atomic E-state index is 13.8. The largest absolute Gasteiger partial charge is 0.493 e. The van der Waals surface area contributed by atoms with Gasteiger partial charge in [0.2, 0.25) is 18.4 Å². The van der Waals surface area contributed by atoms with E-state index < -0.39 is 5.92 Å². The first-order valence-electron chi connectivity index (χ1n) is 10.2. The normalized spacial score (nSPS) is 16.1. The van der Waals surface area contributed by atoms with Crippen LogP contribution in [-0.4, -0.2) is 23.5 Å². The number of hydrogen-bond donors (Lipinski definition) is 1. The Morgan fingerprint density at radius 3 is 2.85 bits per heavy atom. The van der Waals surface area contributed by atoms with Gasteiger partial charge in [0.05, 0.1) is 30.8 Å². The Balaban J connectivity index is 1.73. The van der Waals surface area contributed by atoms with Gasteiger partial charge in [0.1, 0.15) is 17.4 Å². The summed E-state index contributed by atoms with van der Waals surface area (Å²) < 4.78 is 23.8. The smallest absolute Gasteiger partial charge is 0.259 e. The summed E-state index contributed by atoms with van der Waals surface area (Å²) in [6.45, 7) is 2.14. The molecular weight excluding hydrogens is 424 g/mol. The van der Waals surface area contributed by atoms with Crippen LogP contribution in [0.15, 0.2) is 58.8 Å². The molecule has 5 rings (SSSR count). The first-order valence-corrected chi connectivity index (χ1v) is 10.2. The Labute approximate surface area is 189 Å². The molecule has 2 aromatic heterocycles. The van der Waals surface area contributed by atoms with Crippen LogP contribution in [0.5, 0.6) is 23.0 Å². The van der Waals surface area contributed by atoms with Crippen LogP contribution in [0, 0.1) is 18.3 Å². The molecule has 0 amide bonds. The minimum Gasteiger partial charge on any atom is -0.493 e. The number of methoxy groups -OCH3 is 1. The number of pyridine rings is 2. The Morgan fingerprint density at radius 1 is 1.27 bits per heavy atom. The van der Waals surface area contributed by atoms with Crippen LogP contribution in [-0.2, 0) is 6.54 Å². The highest BCUT2D eigenvalue weighted by Crippen LogP contribution is 2.47. The van der Waals surface area contributed by atoms with E-state index in [9.17, 15) is 10.1 Å². The Bertz CT molecular complexity index is 1390. The summed E-state index contributed by atoms with van der Waals surface area (Å²) in [5.74, 6) is 0.866. The van der Waals surface area contributed by atoms with Crippen molar-refractivity contribution in [3.8, 4) is 29.1 Å². The SMILES string of the molecule is COc1cc([C@H]2C(C#N)=C(N)Oc3cc(C)n(Cc4ccccn4)c(=O)c32)cc2c1OCO2. The number of fused-ring (bicyclic) bond motifs is 2. The molecule has 0 spiro atoms. The van der Waals surface area contributed by atoms with Gasteiger partial charge < -0.3 is 29.2 Å². The van der Waals surface area contributed by atoms with E-state index in [1.807, 2.05) is 25.1 Å². The second-order valence-electron chi connectivity index (χ2n) is 7.66. The number of allylic oxidation sites excluding steroid dienone is 1. The molecule has 4 heterocycles. The van der Waals surface area contributed by atoms with E-state index >= 15 is 0 Å². The van der Waals surface area contributed by atoms with Crippen LogP contribution in [0.3, 0.4) is 0 Å². The zero-order valence-electron chi connectivity index (χ0n) is 18.0. The molecule has 2 aliphatic rings. The highest BCUT2D eigenvalue weighted by molar-refractivity contribution is 5.61. The van der Waals surface area contributed by atoms with Crippen molar-refractivity contribution in [2.24, 2.45) is 5.73 Å². The third kappa shape index (κ3) is 3.32. The van der Waals surface area contributed by atoms with Gasteiger partial charge in [-0.25, -0.2) is 0 Å². The Kier molecular flexibility index (Phi) is 4.90. The number of nitriles is 1. The third-order valence-electron chi connectivity index (χ3n) is 5.75. The Hall–Kier alpha value is -4.45. The molecule has 9 heteroatoms. The van der Waals surface area contributed by atoms with E-state index in [-0.39, 0.29) is 30.4 Å². The Morgan fingerprint density at radius 2 is 2.12 bits per heavy atom. The highest BCUT2D eigenvalue weighted by Gasteiger charge is 2.36. The van der Waals surface area contributed by atoms with Crippen LogP contribution < -0.4 is 30.2 Å². The molecule has 0 saturated heterocycles. The first-order chi connectivity index (χ1) is 16.0. The minimum atomic E-state index is -0.773. The lowest BCUT2D eigenvalue weighted by Crippen LogP contribution is -2.33. The van der Waals surface area contributed by atoms with Crippen molar-refractivity contribution >= 4 is 0 Å². The highest BCUT2D eigenvalue weighted by atomic mass is 16.7. The zero-order valence-corrected chi connectivity index (χ0v) is 18.0. The first kappa shape index (κ1) is 20.5. The predicted molar refractivity (Wildman–Crippen MR) is 117 cm³/mol. The molecule has 0 bridgehead atoms. The third-order valence-corrected chi connectivity index (χ3v) is 5.75. The molecule has 33 heavy (non-hydrogen) atoms. The molecule has 0 unspecified atom stereocenters. The van der Waals surface area contributed by atoms with Gasteiger partial charge in [-0.15, -0.1) is 0 Å². The van der Waals surface area contributed by atoms with Crippen molar-refractivity contribution in [2.45, 2.75) is 19.4 Å². The van der Waals surface area contributed by atoms with E-state index in [0.29, 0.717) is 39.8 Å². The van der Waals surface area contributed by atoms with Crippen molar-refractivity contribution in [2.75, 3.05) is 13.9 Å². The summed E-state index contributed by atoms with van der Waals surface area (Å²) in [5, 5.41) is 9.91. The van der Waals surface area contributed by atoms with Gasteiger partial charge in [-0.3, -0.25) is 9.78 Å². The lowest BCUT2D eigenvalue weighted by atomic mass is 9.83. The summed E-state index contributed by atoms with van der Waals surface area (Å²) >= 11 is 0. The van der Waals surface area contributed by atoms with E-state index in [1.165, 1.54) is 7.11 Å². The van der Waals surface area contributed by atoms with Crippen molar-refractivity contribution in [1.29, 1.82) is 5.26 Å². The summed E-state index contributed by atoms with van der Waals surface area (Å²) in [6, 6.07) is 12.8. The van der Waals surface area contributed by atoms with Gasteiger partial charge in [0, 0.05) is 18.0 Å². The lowest BCUT2D eigenvalue weighted by Gasteiger charge is -2.27. The number of aromatic nitrogens is 2. The van der Waals surface area contributed by atoms with Crippen molar-refractivity contribution in [3.63, 3.8) is 0 Å². The van der Waals surface area contributed by atoms with E-state index in [4.69, 9.17) is 24.7 Å². The van der Waals surface area contributed by atoms with E-state index in [1.54, 1.807) is 29.0 Å². The maximum absolute atomic E-state index is 13.8. The molecule has 2 N–H and O–H groups in total. The van der Waals surface area contributed by atoms with Gasteiger partial charge >= 0.3 is 0 Å². The fourth-order valence-electron chi connectivity index (χ4n) is 4.19. The number of benzene rings is 1. The average Bonchev–Trinajstić information content (AvgIpc) is 3.30. The molecule has 0 radical (unpaired) electrons. The van der Waals surface area contributed by atoms with Gasteiger partial charge in [-0.2, -0.15) is 5.26 Å². The summed E-state index contributed by atoms with van der Waals surface area (Å²) in [6.07, 6.45) is 1.68. The molecule has 9 nitrogen and oxygen atoms in total. The number of aryl methyl sites for hydroxylation is 1.